The topological polar surface area (TPSA) is 336 Å². The molecule has 472 valence electrons. The number of benzene rings is 3. The van der Waals surface area contributed by atoms with E-state index in [0.29, 0.717) is 52.9 Å². The van der Waals surface area contributed by atoms with Gasteiger partial charge < -0.3 is 70.5 Å². The SMILES string of the molecule is CCN(CC)c1ccc2c(c1)Oc1cc(N(CC)CC)ccc1C21c2ccccc2C(=O)N1Cc1cn(CCn2cc(CN(CC3=CN([C@@H](O[C@H](CO)[C@@H](C)O)C(C)NC(C)=O)NN3)Cc3cn([C@@H]4O[C@H](CO)[C@H](O)C(O)C4NC(C)=O)nn3)nn2)nn1. The summed E-state index contributed by atoms with van der Waals surface area (Å²) in [5.74, 6) is 0.395. The van der Waals surface area contributed by atoms with Crippen molar-refractivity contribution in [2.24, 2.45) is 0 Å². The van der Waals surface area contributed by atoms with E-state index in [4.69, 9.17) is 14.2 Å². The zero-order valence-corrected chi connectivity index (χ0v) is 50.7. The molecule has 1 spiro atoms. The summed E-state index contributed by atoms with van der Waals surface area (Å²) in [4.78, 5) is 47.9. The molecular formula is C59H80N18O11. The second kappa shape index (κ2) is 27.1. The summed E-state index contributed by atoms with van der Waals surface area (Å²) in [6.45, 7) is 17.9. The van der Waals surface area contributed by atoms with Crippen LogP contribution in [0.4, 0.5) is 11.4 Å². The molecule has 0 saturated carbocycles. The highest BCUT2D eigenvalue weighted by molar-refractivity contribution is 6.02. The molecule has 7 heterocycles. The van der Waals surface area contributed by atoms with E-state index in [1.54, 1.807) is 33.7 Å². The van der Waals surface area contributed by atoms with Crippen molar-refractivity contribution >= 4 is 29.1 Å². The third kappa shape index (κ3) is 12.8. The van der Waals surface area contributed by atoms with Gasteiger partial charge in [-0.05, 0) is 65.3 Å². The Kier molecular flexibility index (Phi) is 19.4. The molecule has 29 nitrogen and oxygen atoms in total. The number of aromatic nitrogens is 9. The second-order valence-corrected chi connectivity index (χ2v) is 22.5. The van der Waals surface area contributed by atoms with Crippen LogP contribution in [-0.4, -0.2) is 198 Å². The van der Waals surface area contributed by atoms with Crippen LogP contribution in [0.25, 0.3) is 0 Å². The summed E-state index contributed by atoms with van der Waals surface area (Å²) in [7, 11) is 0. The van der Waals surface area contributed by atoms with Crippen LogP contribution in [0.2, 0.25) is 0 Å². The number of amides is 3. The molecule has 3 unspecified atom stereocenters. The lowest BCUT2D eigenvalue weighted by atomic mass is 9.74. The number of aliphatic hydroxyl groups is 5. The van der Waals surface area contributed by atoms with Crippen LogP contribution in [0.1, 0.15) is 106 Å². The van der Waals surface area contributed by atoms with Gasteiger partial charge in [0.25, 0.3) is 5.91 Å². The van der Waals surface area contributed by atoms with Crippen molar-refractivity contribution in [2.45, 2.75) is 149 Å². The first-order valence-electron chi connectivity index (χ1n) is 29.8. The lowest BCUT2D eigenvalue weighted by Crippen LogP contribution is -2.62. The highest BCUT2D eigenvalue weighted by Crippen LogP contribution is 2.58. The lowest BCUT2D eigenvalue weighted by Gasteiger charge is -2.44. The number of aryl methyl sites for hydroxylation is 2. The first-order chi connectivity index (χ1) is 42.4. The van der Waals surface area contributed by atoms with Crippen LogP contribution >= 0.6 is 0 Å². The molecule has 3 aromatic carbocycles. The normalized spacial score (nSPS) is 20.6. The molecule has 0 aliphatic carbocycles. The van der Waals surface area contributed by atoms with Crippen molar-refractivity contribution in [1.29, 1.82) is 0 Å². The number of carbonyl (C=O) groups is 3. The van der Waals surface area contributed by atoms with E-state index >= 15 is 4.79 Å². The third-order valence-electron chi connectivity index (χ3n) is 16.5. The molecule has 9 atom stereocenters. The van der Waals surface area contributed by atoms with E-state index in [-0.39, 0.29) is 38.0 Å². The first kappa shape index (κ1) is 62.9. The summed E-state index contributed by atoms with van der Waals surface area (Å²) in [5, 5.41) is 86.0. The molecule has 4 aliphatic heterocycles. The minimum Gasteiger partial charge on any atom is -0.456 e. The zero-order valence-electron chi connectivity index (χ0n) is 50.7. The van der Waals surface area contributed by atoms with E-state index in [9.17, 15) is 35.1 Å². The van der Waals surface area contributed by atoms with E-state index < -0.39 is 79.7 Å². The highest BCUT2D eigenvalue weighted by atomic mass is 16.5. The average molecular weight is 1220 g/mol. The van der Waals surface area contributed by atoms with E-state index in [0.717, 1.165) is 54.2 Å². The van der Waals surface area contributed by atoms with E-state index in [2.05, 4.69) is 126 Å². The summed E-state index contributed by atoms with van der Waals surface area (Å²) in [6.07, 6.45) is -1.32. The maximum Gasteiger partial charge on any atom is 0.255 e. The summed E-state index contributed by atoms with van der Waals surface area (Å²) in [5.41, 5.74) is 12.5. The largest absolute Gasteiger partial charge is 0.456 e. The van der Waals surface area contributed by atoms with Gasteiger partial charge in [0.2, 0.25) is 11.8 Å². The summed E-state index contributed by atoms with van der Waals surface area (Å²) >= 11 is 0. The number of hydrogen-bond acceptors (Lipinski definition) is 23. The molecule has 88 heavy (non-hydrogen) atoms. The van der Waals surface area contributed by atoms with E-state index in [1.807, 2.05) is 46.5 Å². The molecule has 0 bridgehead atoms. The maximum absolute atomic E-state index is 15.0. The fourth-order valence-corrected chi connectivity index (χ4v) is 12.2. The van der Waals surface area contributed by atoms with Crippen molar-refractivity contribution in [3.8, 4) is 11.5 Å². The van der Waals surface area contributed by atoms with Crippen molar-refractivity contribution in [1.82, 2.24) is 81.4 Å². The van der Waals surface area contributed by atoms with Crippen LogP contribution in [-0.2, 0) is 57.3 Å². The van der Waals surface area contributed by atoms with Gasteiger partial charge in [-0.15, -0.1) is 20.8 Å². The number of ether oxygens (including phenoxy) is 3. The minimum atomic E-state index is -1.51. The number of nitrogens with one attached hydrogen (secondary N) is 4. The van der Waals surface area contributed by atoms with Gasteiger partial charge in [0.15, 0.2) is 12.5 Å². The Labute approximate surface area is 509 Å². The van der Waals surface area contributed by atoms with Crippen molar-refractivity contribution in [3.63, 3.8) is 0 Å². The van der Waals surface area contributed by atoms with Crippen LogP contribution in [0, 0.1) is 0 Å². The number of fused-ring (bicyclic) bond motifs is 6. The Bertz CT molecular complexity index is 3380. The van der Waals surface area contributed by atoms with Crippen molar-refractivity contribution < 1.29 is 54.1 Å². The average Bonchev–Trinajstić information content (AvgIpc) is 1.43. The van der Waals surface area contributed by atoms with Gasteiger partial charge in [0.1, 0.15) is 53.2 Å². The van der Waals surface area contributed by atoms with Crippen LogP contribution in [0.15, 0.2) is 91.2 Å². The first-order valence-corrected chi connectivity index (χ1v) is 29.8. The van der Waals surface area contributed by atoms with Gasteiger partial charge >= 0.3 is 0 Å². The maximum atomic E-state index is 15.0. The molecule has 0 radical (unpaired) electrons. The van der Waals surface area contributed by atoms with Gasteiger partial charge in [0.05, 0.1) is 74.5 Å². The quantitative estimate of drug-likeness (QED) is 0.0344. The van der Waals surface area contributed by atoms with Crippen molar-refractivity contribution in [3.05, 3.63) is 130 Å². The smallest absolute Gasteiger partial charge is 0.255 e. The number of aliphatic hydroxyl groups excluding tert-OH is 5. The van der Waals surface area contributed by atoms with Gasteiger partial charge in [-0.1, -0.05) is 46.0 Å². The van der Waals surface area contributed by atoms with E-state index in [1.165, 1.54) is 25.5 Å². The molecule has 4 aliphatic rings. The number of hydrogen-bond donors (Lipinski definition) is 9. The van der Waals surface area contributed by atoms with Crippen LogP contribution in [0.5, 0.6) is 11.5 Å². The second-order valence-electron chi connectivity index (χ2n) is 22.5. The monoisotopic (exact) mass is 1220 g/mol. The molecule has 29 heteroatoms. The number of rotatable bonds is 27. The Hall–Kier alpha value is -8.13. The number of carbonyl (C=O) groups excluding carboxylic acids is 3. The van der Waals surface area contributed by atoms with Crippen LogP contribution in [0.3, 0.4) is 0 Å². The minimum absolute atomic E-state index is 0.127. The standard InChI is InChI=1S/C59H80N18O11/c1-9-71(10-2)43-17-19-47-49(23-43)86-50-24-44(72(11-3)12-4)18-20-48(50)59(47)46-16-14-13-15-45(46)56(85)75(59)30-42-29-74(67-63-42)22-21-73-28-39(62-66-73)25-70(26-40-31-76(68-64-40)57(35(5)60-37(7)81)87-51(33-78)36(6)80)27-41-32-77(69-65-41)58-53(61-38(8)82)55(84)54(83)52(34-79)88-58/h13-20,23-24,28-29,31-32,35-36,51-55,57-58,64,68,78-80,83-84H,9-12,21-22,25-27,30,33-34H2,1-8H3,(H,60,81)(H,61,82)/t35?,36-,51-,52-,53?,54+,55?,57+,58-/m1/s1. The molecule has 3 aromatic heterocycles. The Morgan fingerprint density at radius 2 is 1.38 bits per heavy atom. The molecular weight excluding hydrogens is 1140 g/mol. The van der Waals surface area contributed by atoms with Gasteiger partial charge in [0, 0.05) is 112 Å². The van der Waals surface area contributed by atoms with Gasteiger partial charge in [-0.25, -0.2) is 4.68 Å². The molecule has 1 fully saturated rings. The molecule has 1 saturated heterocycles. The predicted molar refractivity (Wildman–Crippen MR) is 318 cm³/mol. The molecule has 9 N–H and O–H groups in total. The Morgan fingerprint density at radius 3 is 1.97 bits per heavy atom. The Morgan fingerprint density at radius 1 is 0.773 bits per heavy atom. The van der Waals surface area contributed by atoms with Crippen molar-refractivity contribution in [2.75, 3.05) is 55.7 Å². The van der Waals surface area contributed by atoms with Gasteiger partial charge in [-0.2, -0.15) is 0 Å². The van der Waals surface area contributed by atoms with Gasteiger partial charge in [-0.3, -0.25) is 33.7 Å². The van der Waals surface area contributed by atoms with Crippen LogP contribution < -0.4 is 36.1 Å². The lowest BCUT2D eigenvalue weighted by molar-refractivity contribution is -0.219. The fraction of sp³-hybridized carbons (Fsp3) is 0.508. The summed E-state index contributed by atoms with van der Waals surface area (Å²) in [6, 6.07) is 18.6. The Balaban J connectivity index is 0.898. The molecule has 6 aromatic rings. The highest BCUT2D eigenvalue weighted by Gasteiger charge is 2.57. The zero-order chi connectivity index (χ0) is 62.6. The number of anilines is 2. The predicted octanol–water partition coefficient (Wildman–Crippen LogP) is 0.801. The summed E-state index contributed by atoms with van der Waals surface area (Å²) < 4.78 is 23.7. The fourth-order valence-electron chi connectivity index (χ4n) is 12.2. The molecule has 3 amide bonds. The molecule has 10 rings (SSSR count). The number of nitrogens with zero attached hydrogens (tertiary/aromatic N) is 14. The third-order valence-corrected chi connectivity index (χ3v) is 16.5. The number of hydrazine groups is 2.